The van der Waals surface area contributed by atoms with Gasteiger partial charge >= 0.3 is 21.6 Å². The molecule has 0 aliphatic carbocycles. The summed E-state index contributed by atoms with van der Waals surface area (Å²) in [6.45, 7) is 4.41. The van der Waals surface area contributed by atoms with Gasteiger partial charge in [0.1, 0.15) is 6.23 Å². The topological polar surface area (TPSA) is 99.2 Å². The molecule has 0 aromatic rings. The lowest BCUT2D eigenvalue weighted by atomic mass is 9.91. The SMILES string of the molecule is COC(=O)[C@@]12CO[C@@H](C(C)(C)C)N1C(=O)C=C2OS(=O)(=O)C(F)(F)F. The highest BCUT2D eigenvalue weighted by Gasteiger charge is 2.66. The average Bonchev–Trinajstić information content (AvgIpc) is 2.95. The third kappa shape index (κ3) is 2.86. The fraction of sp³-hybridized carbons (Fsp3) is 0.692. The van der Waals surface area contributed by atoms with Crippen LogP contribution in [0.3, 0.4) is 0 Å². The molecule has 8 nitrogen and oxygen atoms in total. The normalized spacial score (nSPS) is 27.2. The maximum Gasteiger partial charge on any atom is 0.534 e. The maximum atomic E-state index is 12.6. The molecule has 0 radical (unpaired) electrons. The Hall–Kier alpha value is -1.82. The number of hydrogen-bond donors (Lipinski definition) is 0. The summed E-state index contributed by atoms with van der Waals surface area (Å²) in [5.41, 5.74) is -8.69. The van der Waals surface area contributed by atoms with Crippen molar-refractivity contribution >= 4 is 22.0 Å². The van der Waals surface area contributed by atoms with E-state index < -0.39 is 57.1 Å². The largest absolute Gasteiger partial charge is 0.534 e. The molecule has 2 aliphatic rings. The molecule has 0 saturated carbocycles. The number of carbonyl (C=O) groups excluding carboxylic acids is 2. The van der Waals surface area contributed by atoms with Crippen LogP contribution in [0.25, 0.3) is 0 Å². The van der Waals surface area contributed by atoms with Crippen molar-refractivity contribution in [2.45, 2.75) is 38.0 Å². The third-order valence-electron chi connectivity index (χ3n) is 3.74. The quantitative estimate of drug-likeness (QED) is 0.403. The van der Waals surface area contributed by atoms with Crippen molar-refractivity contribution in [2.75, 3.05) is 13.7 Å². The van der Waals surface area contributed by atoms with E-state index in [0.29, 0.717) is 6.08 Å². The van der Waals surface area contributed by atoms with E-state index in [4.69, 9.17) is 4.74 Å². The summed E-state index contributed by atoms with van der Waals surface area (Å²) in [5, 5.41) is 0. The van der Waals surface area contributed by atoms with Crippen LogP contribution in [0.4, 0.5) is 13.2 Å². The van der Waals surface area contributed by atoms with Crippen molar-refractivity contribution in [3.8, 4) is 0 Å². The van der Waals surface area contributed by atoms with Crippen LogP contribution in [0.5, 0.6) is 0 Å². The van der Waals surface area contributed by atoms with E-state index in [1.165, 1.54) is 0 Å². The first kappa shape index (κ1) is 19.5. The molecular weight excluding hydrogens is 371 g/mol. The predicted molar refractivity (Wildman–Crippen MR) is 74.9 cm³/mol. The van der Waals surface area contributed by atoms with Gasteiger partial charge in [-0.1, -0.05) is 20.8 Å². The van der Waals surface area contributed by atoms with Crippen LogP contribution in [0.2, 0.25) is 0 Å². The van der Waals surface area contributed by atoms with Crippen LogP contribution in [-0.2, 0) is 33.4 Å². The minimum absolute atomic E-state index is 0.529. The molecule has 0 unspecified atom stereocenters. The van der Waals surface area contributed by atoms with Crippen molar-refractivity contribution < 1.29 is 44.8 Å². The van der Waals surface area contributed by atoms with Crippen LogP contribution in [-0.4, -0.2) is 56.2 Å². The summed E-state index contributed by atoms with van der Waals surface area (Å²) in [7, 11) is -5.14. The zero-order chi connectivity index (χ0) is 19.4. The van der Waals surface area contributed by atoms with Crippen LogP contribution >= 0.6 is 0 Å². The number of amides is 1. The first-order chi connectivity index (χ1) is 11.2. The Kier molecular flexibility index (Phi) is 4.36. The average molecular weight is 387 g/mol. The molecule has 25 heavy (non-hydrogen) atoms. The minimum Gasteiger partial charge on any atom is -0.467 e. The fourth-order valence-electron chi connectivity index (χ4n) is 2.66. The molecule has 2 atom stereocenters. The number of halogens is 3. The molecule has 1 saturated heterocycles. The number of fused-ring (bicyclic) bond motifs is 1. The van der Waals surface area contributed by atoms with Crippen LogP contribution in [0, 0.1) is 5.41 Å². The molecule has 2 aliphatic heterocycles. The van der Waals surface area contributed by atoms with Gasteiger partial charge in [0.25, 0.3) is 5.91 Å². The van der Waals surface area contributed by atoms with Crippen molar-refractivity contribution in [1.29, 1.82) is 0 Å². The van der Waals surface area contributed by atoms with Crippen LogP contribution < -0.4 is 0 Å². The van der Waals surface area contributed by atoms with E-state index in [9.17, 15) is 31.2 Å². The third-order valence-corrected chi connectivity index (χ3v) is 4.71. The number of carbonyl (C=O) groups is 2. The fourth-order valence-corrected chi connectivity index (χ4v) is 3.18. The summed E-state index contributed by atoms with van der Waals surface area (Å²) < 4.78 is 74.6. The molecule has 1 amide bonds. The Morgan fingerprint density at radius 3 is 2.36 bits per heavy atom. The molecule has 1 fully saturated rings. The highest BCUT2D eigenvalue weighted by atomic mass is 32.2. The van der Waals surface area contributed by atoms with E-state index in [0.717, 1.165) is 12.0 Å². The Morgan fingerprint density at radius 2 is 1.92 bits per heavy atom. The molecule has 0 N–H and O–H groups in total. The van der Waals surface area contributed by atoms with Gasteiger partial charge in [-0.05, 0) is 0 Å². The second-order valence-corrected chi connectivity index (χ2v) is 8.12. The van der Waals surface area contributed by atoms with Gasteiger partial charge in [-0.25, -0.2) is 4.79 Å². The summed E-state index contributed by atoms with van der Waals surface area (Å²) in [4.78, 5) is 25.4. The van der Waals surface area contributed by atoms with Gasteiger partial charge in [0.15, 0.2) is 5.76 Å². The van der Waals surface area contributed by atoms with E-state index in [1.54, 1.807) is 20.8 Å². The van der Waals surface area contributed by atoms with Gasteiger partial charge in [0.05, 0.1) is 13.7 Å². The van der Waals surface area contributed by atoms with E-state index in [1.807, 2.05) is 0 Å². The summed E-state index contributed by atoms with van der Waals surface area (Å²) in [6.07, 6.45) is -0.480. The molecule has 0 aromatic carbocycles. The first-order valence-electron chi connectivity index (χ1n) is 6.95. The first-order valence-corrected chi connectivity index (χ1v) is 8.35. The van der Waals surface area contributed by atoms with Crippen LogP contribution in [0.15, 0.2) is 11.8 Å². The summed E-state index contributed by atoms with van der Waals surface area (Å²) in [5.74, 6) is -3.10. The molecular formula is C13H16F3NO7S. The summed E-state index contributed by atoms with van der Waals surface area (Å²) in [6, 6.07) is 0. The number of esters is 1. The lowest BCUT2D eigenvalue weighted by Crippen LogP contribution is -2.57. The predicted octanol–water partition coefficient (Wildman–Crippen LogP) is 0.893. The van der Waals surface area contributed by atoms with E-state index >= 15 is 0 Å². The summed E-state index contributed by atoms with van der Waals surface area (Å²) >= 11 is 0. The van der Waals surface area contributed by atoms with Crippen LogP contribution in [0.1, 0.15) is 20.8 Å². The molecule has 12 heteroatoms. The molecule has 0 aromatic heterocycles. The monoisotopic (exact) mass is 387 g/mol. The number of ether oxygens (including phenoxy) is 2. The number of nitrogens with zero attached hydrogens (tertiary/aromatic N) is 1. The van der Waals surface area contributed by atoms with Crippen molar-refractivity contribution in [3.05, 3.63) is 11.8 Å². The highest BCUT2D eigenvalue weighted by Crippen LogP contribution is 2.46. The smallest absolute Gasteiger partial charge is 0.467 e. The van der Waals surface area contributed by atoms with Gasteiger partial charge in [-0.15, -0.1) is 0 Å². The molecule has 142 valence electrons. The van der Waals surface area contributed by atoms with E-state index in [2.05, 4.69) is 8.92 Å². The Morgan fingerprint density at radius 1 is 1.36 bits per heavy atom. The number of alkyl halides is 3. The minimum atomic E-state index is -6.09. The number of hydrogen-bond acceptors (Lipinski definition) is 7. The van der Waals surface area contributed by atoms with Gasteiger partial charge in [0.2, 0.25) is 5.54 Å². The maximum absolute atomic E-state index is 12.6. The molecule has 2 heterocycles. The highest BCUT2D eigenvalue weighted by molar-refractivity contribution is 7.87. The van der Waals surface area contributed by atoms with Gasteiger partial charge < -0.3 is 13.7 Å². The van der Waals surface area contributed by atoms with Crippen molar-refractivity contribution in [2.24, 2.45) is 5.41 Å². The second-order valence-electron chi connectivity index (χ2n) is 6.58. The Balaban J connectivity index is 2.54. The number of rotatable bonds is 3. The zero-order valence-corrected chi connectivity index (χ0v) is 14.5. The lowest BCUT2D eigenvalue weighted by Gasteiger charge is -2.36. The van der Waals surface area contributed by atoms with Gasteiger partial charge in [0, 0.05) is 11.5 Å². The van der Waals surface area contributed by atoms with Crippen molar-refractivity contribution in [1.82, 2.24) is 4.90 Å². The zero-order valence-electron chi connectivity index (χ0n) is 13.7. The van der Waals surface area contributed by atoms with E-state index in [-0.39, 0.29) is 0 Å². The van der Waals surface area contributed by atoms with Gasteiger partial charge in [-0.2, -0.15) is 21.6 Å². The molecule has 0 spiro atoms. The Bertz CT molecular complexity index is 738. The van der Waals surface area contributed by atoms with Gasteiger partial charge in [-0.3, -0.25) is 9.69 Å². The van der Waals surface area contributed by atoms with Crippen molar-refractivity contribution in [3.63, 3.8) is 0 Å². The lowest BCUT2D eigenvalue weighted by molar-refractivity contribution is -0.158. The second kappa shape index (κ2) is 5.59. The number of methoxy groups -OCH3 is 1. The molecule has 0 bridgehead atoms. The Labute approximate surface area is 141 Å². The molecule has 2 rings (SSSR count). The standard InChI is InChI=1S/C13H16F3NO7S/c1-11(2,3)9-17-8(18)5-7(24-25(20,21)13(14,15)16)12(17,6-23-9)10(19)22-4/h5,9H,6H2,1-4H3/t9-,12-/m0/s1.